The number of carbonyl (C=O) groups is 1. The molecule has 3 nitrogen and oxygen atoms in total. The Balaban J connectivity index is 2.46. The van der Waals surface area contributed by atoms with Gasteiger partial charge in [0.1, 0.15) is 0 Å². The first-order valence-electron chi connectivity index (χ1n) is 7.97. The van der Waals surface area contributed by atoms with Crippen molar-refractivity contribution < 1.29 is 4.79 Å². The Kier molecular flexibility index (Phi) is 6.90. The van der Waals surface area contributed by atoms with E-state index >= 15 is 0 Å². The summed E-state index contributed by atoms with van der Waals surface area (Å²) >= 11 is 0. The lowest BCUT2D eigenvalue weighted by Crippen LogP contribution is -2.38. The Hall–Kier alpha value is -1.35. The van der Waals surface area contributed by atoms with Crippen LogP contribution in [-0.4, -0.2) is 11.9 Å². The van der Waals surface area contributed by atoms with E-state index in [2.05, 4.69) is 45.1 Å². The number of anilines is 1. The minimum absolute atomic E-state index is 0.0174. The maximum atomic E-state index is 12.0. The molecule has 0 aliphatic heterocycles. The molecular formula is C18H30N2O. The van der Waals surface area contributed by atoms with Gasteiger partial charge in [0, 0.05) is 18.2 Å². The SMILES string of the molecule is CCCCCc1ccc(NC(=O)CC(N)C(C)(C)C)cc1. The molecule has 1 aromatic rings. The smallest absolute Gasteiger partial charge is 0.225 e. The summed E-state index contributed by atoms with van der Waals surface area (Å²) < 4.78 is 0. The summed E-state index contributed by atoms with van der Waals surface area (Å²) in [5.41, 5.74) is 8.16. The highest BCUT2D eigenvalue weighted by molar-refractivity contribution is 5.91. The van der Waals surface area contributed by atoms with Crippen molar-refractivity contribution in [3.8, 4) is 0 Å². The standard InChI is InChI=1S/C18H30N2O/c1-5-6-7-8-14-9-11-15(12-10-14)20-17(21)13-16(19)18(2,3)4/h9-12,16H,5-8,13,19H2,1-4H3,(H,20,21). The second kappa shape index (κ2) is 8.18. The van der Waals surface area contributed by atoms with Gasteiger partial charge in [-0.3, -0.25) is 4.79 Å². The van der Waals surface area contributed by atoms with E-state index in [1.54, 1.807) is 0 Å². The van der Waals surface area contributed by atoms with E-state index in [-0.39, 0.29) is 17.4 Å². The fourth-order valence-corrected chi connectivity index (χ4v) is 2.05. The summed E-state index contributed by atoms with van der Waals surface area (Å²) in [7, 11) is 0. The molecule has 3 heteroatoms. The van der Waals surface area contributed by atoms with Gasteiger partial charge in [-0.2, -0.15) is 0 Å². The third-order valence-electron chi connectivity index (χ3n) is 3.82. The Labute approximate surface area is 129 Å². The summed E-state index contributed by atoms with van der Waals surface area (Å²) in [6.45, 7) is 8.36. The number of nitrogens with two attached hydrogens (primary N) is 1. The molecule has 0 aliphatic carbocycles. The average molecular weight is 290 g/mol. The van der Waals surface area contributed by atoms with Gasteiger partial charge < -0.3 is 11.1 Å². The molecule has 1 atom stereocenters. The highest BCUT2D eigenvalue weighted by atomic mass is 16.1. The minimum atomic E-state index is -0.134. The molecule has 1 aromatic carbocycles. The lowest BCUT2D eigenvalue weighted by atomic mass is 9.85. The Morgan fingerprint density at radius 3 is 2.33 bits per heavy atom. The van der Waals surface area contributed by atoms with Crippen molar-refractivity contribution in [2.24, 2.45) is 11.1 Å². The van der Waals surface area contributed by atoms with Gasteiger partial charge in [-0.1, -0.05) is 52.7 Å². The van der Waals surface area contributed by atoms with E-state index in [0.717, 1.165) is 12.1 Å². The van der Waals surface area contributed by atoms with Gasteiger partial charge in [0.05, 0.1) is 0 Å². The van der Waals surface area contributed by atoms with Gasteiger partial charge in [-0.15, -0.1) is 0 Å². The van der Waals surface area contributed by atoms with E-state index in [4.69, 9.17) is 5.73 Å². The Bertz CT molecular complexity index is 432. The van der Waals surface area contributed by atoms with Crippen LogP contribution in [0, 0.1) is 5.41 Å². The van der Waals surface area contributed by atoms with Crippen molar-refractivity contribution in [1.29, 1.82) is 0 Å². The maximum Gasteiger partial charge on any atom is 0.225 e. The number of nitrogens with one attached hydrogen (secondary N) is 1. The summed E-state index contributed by atoms with van der Waals surface area (Å²) in [4.78, 5) is 12.0. The van der Waals surface area contributed by atoms with E-state index in [1.165, 1.54) is 24.8 Å². The molecule has 3 N–H and O–H groups in total. The molecule has 1 rings (SSSR count). The molecule has 0 saturated heterocycles. The zero-order valence-electron chi connectivity index (χ0n) is 13.9. The van der Waals surface area contributed by atoms with Crippen molar-refractivity contribution in [2.45, 2.75) is 65.8 Å². The van der Waals surface area contributed by atoms with Crippen LogP contribution in [0.15, 0.2) is 24.3 Å². The number of benzene rings is 1. The Morgan fingerprint density at radius 2 is 1.81 bits per heavy atom. The van der Waals surface area contributed by atoms with Crippen LogP contribution in [0.1, 0.15) is 58.9 Å². The fraction of sp³-hybridized carbons (Fsp3) is 0.611. The lowest BCUT2D eigenvalue weighted by Gasteiger charge is -2.26. The second-order valence-corrected chi connectivity index (χ2v) is 6.88. The van der Waals surface area contributed by atoms with Crippen molar-refractivity contribution >= 4 is 11.6 Å². The van der Waals surface area contributed by atoms with Crippen LogP contribution in [-0.2, 0) is 11.2 Å². The van der Waals surface area contributed by atoms with Crippen molar-refractivity contribution in [1.82, 2.24) is 0 Å². The molecule has 0 bridgehead atoms. The van der Waals surface area contributed by atoms with E-state index in [1.807, 2.05) is 12.1 Å². The highest BCUT2D eigenvalue weighted by Crippen LogP contribution is 2.20. The van der Waals surface area contributed by atoms with Crippen LogP contribution >= 0.6 is 0 Å². The molecule has 1 amide bonds. The monoisotopic (exact) mass is 290 g/mol. The van der Waals surface area contributed by atoms with Gasteiger partial charge in [0.25, 0.3) is 0 Å². The zero-order chi connectivity index (χ0) is 15.9. The molecule has 1 unspecified atom stereocenters. The molecular weight excluding hydrogens is 260 g/mol. The van der Waals surface area contributed by atoms with E-state index in [9.17, 15) is 4.79 Å². The first kappa shape index (κ1) is 17.7. The van der Waals surface area contributed by atoms with E-state index in [0.29, 0.717) is 6.42 Å². The minimum Gasteiger partial charge on any atom is -0.327 e. The molecule has 118 valence electrons. The summed E-state index contributed by atoms with van der Waals surface area (Å²) in [6, 6.07) is 8.00. The number of aryl methyl sites for hydroxylation is 1. The van der Waals surface area contributed by atoms with Gasteiger partial charge in [-0.05, 0) is 36.0 Å². The number of rotatable bonds is 7. The average Bonchev–Trinajstić information content (AvgIpc) is 2.40. The van der Waals surface area contributed by atoms with Crippen LogP contribution < -0.4 is 11.1 Å². The lowest BCUT2D eigenvalue weighted by molar-refractivity contribution is -0.117. The third kappa shape index (κ3) is 6.76. The summed E-state index contributed by atoms with van der Waals surface area (Å²) in [6.07, 6.45) is 5.19. The fourth-order valence-electron chi connectivity index (χ4n) is 2.05. The van der Waals surface area contributed by atoms with Gasteiger partial charge >= 0.3 is 0 Å². The zero-order valence-corrected chi connectivity index (χ0v) is 13.9. The molecule has 0 saturated carbocycles. The number of carbonyl (C=O) groups excluding carboxylic acids is 1. The predicted octanol–water partition coefficient (Wildman–Crippen LogP) is 4.12. The normalized spacial score (nSPS) is 13.0. The number of hydrogen-bond acceptors (Lipinski definition) is 2. The quantitative estimate of drug-likeness (QED) is 0.742. The van der Waals surface area contributed by atoms with Gasteiger partial charge in [-0.25, -0.2) is 0 Å². The molecule has 21 heavy (non-hydrogen) atoms. The maximum absolute atomic E-state index is 12.0. The Morgan fingerprint density at radius 1 is 1.19 bits per heavy atom. The topological polar surface area (TPSA) is 55.1 Å². The van der Waals surface area contributed by atoms with Crippen molar-refractivity contribution in [3.05, 3.63) is 29.8 Å². The van der Waals surface area contributed by atoms with Crippen LogP contribution in [0.4, 0.5) is 5.69 Å². The van der Waals surface area contributed by atoms with Crippen LogP contribution in [0.2, 0.25) is 0 Å². The van der Waals surface area contributed by atoms with Gasteiger partial charge in [0.15, 0.2) is 0 Å². The molecule has 0 radical (unpaired) electrons. The van der Waals surface area contributed by atoms with E-state index < -0.39 is 0 Å². The van der Waals surface area contributed by atoms with Crippen molar-refractivity contribution in [3.63, 3.8) is 0 Å². The number of amides is 1. The first-order chi connectivity index (χ1) is 9.82. The second-order valence-electron chi connectivity index (χ2n) is 6.88. The third-order valence-corrected chi connectivity index (χ3v) is 3.82. The van der Waals surface area contributed by atoms with Crippen LogP contribution in [0.3, 0.4) is 0 Å². The van der Waals surface area contributed by atoms with Crippen LogP contribution in [0.25, 0.3) is 0 Å². The summed E-state index contributed by atoms with van der Waals surface area (Å²) in [5, 5.41) is 2.92. The molecule has 0 aliphatic rings. The predicted molar refractivity (Wildman–Crippen MR) is 90.3 cm³/mol. The van der Waals surface area contributed by atoms with Crippen molar-refractivity contribution in [2.75, 3.05) is 5.32 Å². The number of hydrogen-bond donors (Lipinski definition) is 2. The van der Waals surface area contributed by atoms with Gasteiger partial charge in [0.2, 0.25) is 5.91 Å². The molecule has 0 heterocycles. The number of unbranched alkanes of at least 4 members (excludes halogenated alkanes) is 2. The highest BCUT2D eigenvalue weighted by Gasteiger charge is 2.23. The first-order valence-corrected chi connectivity index (χ1v) is 7.97. The molecule has 0 fully saturated rings. The molecule has 0 spiro atoms. The molecule has 0 aromatic heterocycles. The van der Waals surface area contributed by atoms with Crippen LogP contribution in [0.5, 0.6) is 0 Å². The largest absolute Gasteiger partial charge is 0.327 e. The summed E-state index contributed by atoms with van der Waals surface area (Å²) in [5.74, 6) is -0.0174.